The summed E-state index contributed by atoms with van der Waals surface area (Å²) in [6, 6.07) is 14.7. The van der Waals surface area contributed by atoms with Crippen LogP contribution in [0.1, 0.15) is 16.7 Å². The molecule has 1 amide bonds. The highest BCUT2D eigenvalue weighted by Crippen LogP contribution is 2.36. The molecule has 1 N–H and O–H groups in total. The van der Waals surface area contributed by atoms with Gasteiger partial charge in [0.15, 0.2) is 11.5 Å². The van der Waals surface area contributed by atoms with Crippen molar-refractivity contribution in [3.05, 3.63) is 80.8 Å². The first-order valence-electron chi connectivity index (χ1n) is 10.4. The zero-order valence-corrected chi connectivity index (χ0v) is 21.9. The van der Waals surface area contributed by atoms with Crippen molar-refractivity contribution in [2.24, 2.45) is 5.10 Å². The van der Waals surface area contributed by atoms with E-state index in [0.717, 1.165) is 9.87 Å². The van der Waals surface area contributed by atoms with E-state index in [1.54, 1.807) is 49.4 Å². The van der Waals surface area contributed by atoms with Crippen LogP contribution in [0.5, 0.6) is 11.5 Å². The predicted molar refractivity (Wildman–Crippen MR) is 138 cm³/mol. The molecule has 0 saturated carbocycles. The number of ether oxygens (including phenoxy) is 2. The first-order valence-corrected chi connectivity index (χ1v) is 13.0. The Kier molecular flexibility index (Phi) is 7.34. The van der Waals surface area contributed by atoms with Gasteiger partial charge in [-0.3, -0.25) is 9.10 Å². The van der Waals surface area contributed by atoms with Crippen LogP contribution in [0.4, 0.5) is 5.69 Å². The average molecular weight is 579 g/mol. The number of carbonyl (C=O) groups excluding carboxylic acids is 1. The van der Waals surface area contributed by atoms with Crippen molar-refractivity contribution in [1.82, 2.24) is 5.43 Å². The second-order valence-corrected chi connectivity index (χ2v) is 10.9. The Morgan fingerprint density at radius 1 is 1.11 bits per heavy atom. The second kappa shape index (κ2) is 10.3. The molecule has 0 bridgehead atoms. The van der Waals surface area contributed by atoms with E-state index in [9.17, 15) is 13.2 Å². The van der Waals surface area contributed by atoms with Crippen molar-refractivity contribution in [1.29, 1.82) is 0 Å². The number of anilines is 1. The third-order valence-corrected chi connectivity index (χ3v) is 7.90. The fourth-order valence-corrected chi connectivity index (χ4v) is 5.54. The van der Waals surface area contributed by atoms with Crippen LogP contribution in [0.3, 0.4) is 0 Å². The number of sulfonamides is 1. The van der Waals surface area contributed by atoms with Gasteiger partial charge < -0.3 is 9.47 Å². The minimum atomic E-state index is -4.05. The molecule has 1 aliphatic rings. The lowest BCUT2D eigenvalue weighted by Crippen LogP contribution is -2.40. The third kappa shape index (κ3) is 5.61. The van der Waals surface area contributed by atoms with Crippen LogP contribution in [0.2, 0.25) is 5.02 Å². The molecule has 1 heterocycles. The number of rotatable bonds is 7. The molecular formula is C24H21BrClN3O5S. The monoisotopic (exact) mass is 577 g/mol. The largest absolute Gasteiger partial charge is 0.454 e. The number of nitrogens with zero attached hydrogens (tertiary/aromatic N) is 2. The topological polar surface area (TPSA) is 97.3 Å². The third-order valence-electron chi connectivity index (χ3n) is 5.21. The molecule has 0 fully saturated rings. The molecule has 0 atom stereocenters. The van der Waals surface area contributed by atoms with Crippen molar-refractivity contribution < 1.29 is 22.7 Å². The van der Waals surface area contributed by atoms with Gasteiger partial charge in [-0.05, 0) is 77.8 Å². The van der Waals surface area contributed by atoms with Crippen molar-refractivity contribution in [3.63, 3.8) is 0 Å². The lowest BCUT2D eigenvalue weighted by atomic mass is 10.2. The number of fused-ring (bicyclic) bond motifs is 1. The number of hydrogen-bond acceptors (Lipinski definition) is 6. The highest BCUT2D eigenvalue weighted by Gasteiger charge is 2.28. The Morgan fingerprint density at radius 3 is 2.49 bits per heavy atom. The molecule has 11 heteroatoms. The van der Waals surface area contributed by atoms with Crippen LogP contribution in [0.25, 0.3) is 0 Å². The van der Waals surface area contributed by atoms with Crippen molar-refractivity contribution in [2.45, 2.75) is 18.7 Å². The zero-order chi connectivity index (χ0) is 25.2. The lowest BCUT2D eigenvalue weighted by molar-refractivity contribution is -0.119. The van der Waals surface area contributed by atoms with E-state index in [4.69, 9.17) is 21.1 Å². The summed E-state index contributed by atoms with van der Waals surface area (Å²) < 4.78 is 39.4. The van der Waals surface area contributed by atoms with Gasteiger partial charge in [0, 0.05) is 15.1 Å². The number of amides is 1. The van der Waals surface area contributed by atoms with E-state index >= 15 is 0 Å². The Morgan fingerprint density at radius 2 is 1.80 bits per heavy atom. The first-order chi connectivity index (χ1) is 16.6. The minimum Gasteiger partial charge on any atom is -0.454 e. The molecule has 4 rings (SSSR count). The standard InChI is InChI=1S/C24H21BrClN3O5S/c1-15-3-6-19(7-4-15)35(31,32)29(21-8-5-18(26)9-16(21)2)13-24(30)28-27-12-17-10-22-23(11-20(17)25)34-14-33-22/h3-12H,13-14H2,1-2H3,(H,28,30)/b27-12+. The molecule has 1 aliphatic heterocycles. The van der Waals surface area contributed by atoms with Crippen LogP contribution in [-0.2, 0) is 14.8 Å². The Hall–Kier alpha value is -3.08. The van der Waals surface area contributed by atoms with Crippen molar-refractivity contribution in [3.8, 4) is 11.5 Å². The molecule has 0 unspecified atom stereocenters. The van der Waals surface area contributed by atoms with E-state index in [1.807, 2.05) is 6.92 Å². The number of carbonyl (C=O) groups is 1. The van der Waals surface area contributed by atoms with E-state index in [0.29, 0.717) is 37.8 Å². The van der Waals surface area contributed by atoms with Crippen LogP contribution in [-0.4, -0.2) is 33.9 Å². The number of benzene rings is 3. The quantitative estimate of drug-likeness (QED) is 0.321. The van der Waals surface area contributed by atoms with Crippen LogP contribution >= 0.6 is 27.5 Å². The number of halogens is 2. The minimum absolute atomic E-state index is 0.0676. The van der Waals surface area contributed by atoms with E-state index < -0.39 is 22.5 Å². The molecule has 3 aromatic carbocycles. The summed E-state index contributed by atoms with van der Waals surface area (Å²) in [5.74, 6) is 0.547. The lowest BCUT2D eigenvalue weighted by Gasteiger charge is -2.25. The van der Waals surface area contributed by atoms with E-state index in [1.165, 1.54) is 18.3 Å². The summed E-state index contributed by atoms with van der Waals surface area (Å²) in [5, 5.41) is 4.44. The molecule has 0 saturated heterocycles. The average Bonchev–Trinajstić information content (AvgIpc) is 3.25. The summed E-state index contributed by atoms with van der Waals surface area (Å²) in [7, 11) is -4.05. The maximum absolute atomic E-state index is 13.5. The van der Waals surface area contributed by atoms with Crippen molar-refractivity contribution >= 4 is 55.4 Å². The fraction of sp³-hybridized carbons (Fsp3) is 0.167. The number of nitrogens with one attached hydrogen (secondary N) is 1. The SMILES string of the molecule is Cc1ccc(S(=O)(=O)N(CC(=O)N/N=C/c2cc3c(cc2Br)OCO3)c2ccc(Cl)cc2C)cc1. The molecule has 35 heavy (non-hydrogen) atoms. The number of aryl methyl sites for hydroxylation is 2. The molecule has 0 radical (unpaired) electrons. The Bertz CT molecular complexity index is 1410. The van der Waals surface area contributed by atoms with Gasteiger partial charge in [-0.1, -0.05) is 29.3 Å². The van der Waals surface area contributed by atoms with E-state index in [-0.39, 0.29) is 11.7 Å². The second-order valence-electron chi connectivity index (χ2n) is 7.78. The van der Waals surface area contributed by atoms with Crippen LogP contribution in [0.15, 0.2) is 69.1 Å². The van der Waals surface area contributed by atoms with Gasteiger partial charge in [-0.2, -0.15) is 5.10 Å². The van der Waals surface area contributed by atoms with Gasteiger partial charge in [-0.25, -0.2) is 13.8 Å². The first kappa shape index (κ1) is 25.0. The van der Waals surface area contributed by atoms with Crippen LogP contribution < -0.4 is 19.2 Å². The summed E-state index contributed by atoms with van der Waals surface area (Å²) in [6.07, 6.45) is 1.43. The molecule has 0 spiro atoms. The predicted octanol–water partition coefficient (Wildman–Crippen LogP) is 4.79. The summed E-state index contributed by atoms with van der Waals surface area (Å²) in [6.45, 7) is 3.24. The smallest absolute Gasteiger partial charge is 0.264 e. The Balaban J connectivity index is 1.58. The normalized spacial score (nSPS) is 12.7. The molecule has 0 aliphatic carbocycles. The van der Waals surface area contributed by atoms with Gasteiger partial charge in [0.2, 0.25) is 6.79 Å². The highest BCUT2D eigenvalue weighted by molar-refractivity contribution is 9.10. The van der Waals surface area contributed by atoms with Gasteiger partial charge in [0.25, 0.3) is 15.9 Å². The summed E-state index contributed by atoms with van der Waals surface area (Å²) >= 11 is 9.48. The van der Waals surface area contributed by atoms with Gasteiger partial charge >= 0.3 is 0 Å². The maximum atomic E-state index is 13.5. The maximum Gasteiger partial charge on any atom is 0.264 e. The number of hydrazone groups is 1. The summed E-state index contributed by atoms with van der Waals surface area (Å²) in [5.41, 5.74) is 4.90. The number of hydrogen-bond donors (Lipinski definition) is 1. The Labute approximate surface area is 216 Å². The van der Waals surface area contributed by atoms with Crippen LogP contribution in [0, 0.1) is 13.8 Å². The van der Waals surface area contributed by atoms with Gasteiger partial charge in [0.1, 0.15) is 6.54 Å². The molecule has 182 valence electrons. The summed E-state index contributed by atoms with van der Waals surface area (Å²) in [4.78, 5) is 12.9. The molecule has 0 aromatic heterocycles. The fourth-order valence-electron chi connectivity index (χ4n) is 3.41. The highest BCUT2D eigenvalue weighted by atomic mass is 79.9. The molecular weight excluding hydrogens is 558 g/mol. The van der Waals surface area contributed by atoms with Gasteiger partial charge in [-0.15, -0.1) is 0 Å². The van der Waals surface area contributed by atoms with Crippen molar-refractivity contribution in [2.75, 3.05) is 17.6 Å². The molecule has 3 aromatic rings. The van der Waals surface area contributed by atoms with Gasteiger partial charge in [0.05, 0.1) is 16.8 Å². The zero-order valence-electron chi connectivity index (χ0n) is 18.8. The molecule has 8 nitrogen and oxygen atoms in total. The van der Waals surface area contributed by atoms with E-state index in [2.05, 4.69) is 26.5 Å².